The maximum Gasteiger partial charge on any atom is 0.309 e. The fourth-order valence-electron chi connectivity index (χ4n) is 3.98. The van der Waals surface area contributed by atoms with E-state index in [0.29, 0.717) is 6.47 Å². The second kappa shape index (κ2) is 12.1. The first kappa shape index (κ1) is 26.2. The zero-order chi connectivity index (χ0) is 22.8. The molecule has 0 radical (unpaired) electrons. The summed E-state index contributed by atoms with van der Waals surface area (Å²) in [5.41, 5.74) is 4.68. The molecule has 0 amide bonds. The van der Waals surface area contributed by atoms with Crippen molar-refractivity contribution in [1.29, 1.82) is 0 Å². The van der Waals surface area contributed by atoms with Crippen LogP contribution in [0.3, 0.4) is 0 Å². The first-order valence-electron chi connectivity index (χ1n) is 11.4. The summed E-state index contributed by atoms with van der Waals surface area (Å²) in [5, 5.41) is 9.19. The Kier molecular flexibility index (Phi) is 10.6. The molecule has 0 fully saturated rings. The smallest absolute Gasteiger partial charge is 0.309 e. The van der Waals surface area contributed by atoms with Crippen molar-refractivity contribution in [3.05, 3.63) is 34.4 Å². The Morgan fingerprint density at radius 1 is 0.933 bits per heavy atom. The maximum absolute atomic E-state index is 11.2. The molecule has 0 aromatic heterocycles. The number of hydrogen-bond acceptors (Lipinski definition) is 3. The van der Waals surface area contributed by atoms with Crippen molar-refractivity contribution in [2.24, 2.45) is 5.41 Å². The van der Waals surface area contributed by atoms with Crippen molar-refractivity contribution >= 4 is 12.4 Å². The molecule has 0 heterocycles. The molecule has 0 aliphatic carbocycles. The average molecular weight is 419 g/mol. The molecule has 1 aromatic rings. The topological polar surface area (TPSA) is 63.6 Å². The van der Waals surface area contributed by atoms with Crippen molar-refractivity contribution in [2.45, 2.75) is 111 Å². The molecule has 1 N–H and O–H groups in total. The number of unbranched alkanes of at least 4 members (excludes halogenated alkanes) is 4. The van der Waals surface area contributed by atoms with Crippen LogP contribution in [0.1, 0.15) is 101 Å². The normalized spacial score (nSPS) is 12.1. The molecule has 30 heavy (non-hydrogen) atoms. The number of carboxylic acid groups (broad SMARTS) is 1. The van der Waals surface area contributed by atoms with Crippen LogP contribution in [0.15, 0.2) is 12.1 Å². The first-order valence-corrected chi connectivity index (χ1v) is 11.4. The summed E-state index contributed by atoms with van der Waals surface area (Å²) < 4.78 is 5.14. The van der Waals surface area contributed by atoms with Gasteiger partial charge in [-0.05, 0) is 109 Å². The van der Waals surface area contributed by atoms with Gasteiger partial charge < -0.3 is 9.84 Å². The van der Waals surface area contributed by atoms with Gasteiger partial charge in [0.1, 0.15) is 5.60 Å². The third kappa shape index (κ3) is 8.89. The summed E-state index contributed by atoms with van der Waals surface area (Å²) in [6, 6.07) is 4.51. The van der Waals surface area contributed by atoms with Crippen LogP contribution in [-0.2, 0) is 27.2 Å². The Bertz CT molecular complexity index is 689. The van der Waals surface area contributed by atoms with Crippen molar-refractivity contribution in [3.63, 3.8) is 0 Å². The van der Waals surface area contributed by atoms with Gasteiger partial charge in [0.15, 0.2) is 0 Å². The van der Waals surface area contributed by atoms with E-state index < -0.39 is 11.4 Å². The van der Waals surface area contributed by atoms with Gasteiger partial charge in [-0.1, -0.05) is 31.4 Å². The quantitative estimate of drug-likeness (QED) is 0.258. The number of aliphatic carboxylic acids is 1. The van der Waals surface area contributed by atoms with Gasteiger partial charge in [0, 0.05) is 0 Å². The number of hydrogen-bond donors (Lipinski definition) is 1. The Balaban J connectivity index is 2.46. The highest BCUT2D eigenvalue weighted by Gasteiger charge is 2.25. The number of carbonyl (C=O) groups is 2. The van der Waals surface area contributed by atoms with E-state index in [1.54, 1.807) is 0 Å². The van der Waals surface area contributed by atoms with E-state index in [2.05, 4.69) is 26.0 Å². The molecule has 4 nitrogen and oxygen atoms in total. The molecule has 0 spiro atoms. The van der Waals surface area contributed by atoms with Crippen molar-refractivity contribution in [2.75, 3.05) is 0 Å². The minimum Gasteiger partial charge on any atom is -0.481 e. The molecule has 0 aliphatic heterocycles. The van der Waals surface area contributed by atoms with Gasteiger partial charge in [0.05, 0.1) is 5.41 Å². The van der Waals surface area contributed by atoms with Crippen LogP contribution in [0.5, 0.6) is 0 Å². The van der Waals surface area contributed by atoms with E-state index in [1.807, 2.05) is 27.7 Å². The van der Waals surface area contributed by atoms with Crippen LogP contribution in [0.2, 0.25) is 0 Å². The minimum atomic E-state index is -0.704. The van der Waals surface area contributed by atoms with Crippen LogP contribution >= 0.6 is 0 Å². The Morgan fingerprint density at radius 3 is 2.17 bits per heavy atom. The largest absolute Gasteiger partial charge is 0.481 e. The van der Waals surface area contributed by atoms with Crippen LogP contribution in [-0.4, -0.2) is 23.1 Å². The predicted molar refractivity (Wildman–Crippen MR) is 123 cm³/mol. The molecule has 1 rings (SSSR count). The van der Waals surface area contributed by atoms with Gasteiger partial charge in [-0.3, -0.25) is 9.59 Å². The first-order chi connectivity index (χ1) is 14.0. The second-order valence-electron chi connectivity index (χ2n) is 9.93. The lowest BCUT2D eigenvalue weighted by molar-refractivity contribution is -0.147. The molecule has 1 aromatic carbocycles. The maximum atomic E-state index is 11.2. The highest BCUT2D eigenvalue weighted by molar-refractivity contribution is 5.73. The van der Waals surface area contributed by atoms with Gasteiger partial charge in [0.2, 0.25) is 0 Å². The van der Waals surface area contributed by atoms with Crippen LogP contribution < -0.4 is 0 Å². The number of rotatable bonds is 15. The average Bonchev–Trinajstić information content (AvgIpc) is 2.65. The fraction of sp³-hybridized carbons (Fsp3) is 0.692. The lowest BCUT2D eigenvalue weighted by atomic mass is 9.87. The summed E-state index contributed by atoms with van der Waals surface area (Å²) in [6.45, 7) is 12.5. The number of carboxylic acids is 1. The van der Waals surface area contributed by atoms with E-state index in [1.165, 1.54) is 22.3 Å². The molecule has 0 unspecified atom stereocenters. The Morgan fingerprint density at radius 2 is 1.53 bits per heavy atom. The van der Waals surface area contributed by atoms with Crippen LogP contribution in [0, 0.1) is 19.3 Å². The number of benzene rings is 1. The minimum absolute atomic E-state index is 0.382. The van der Waals surface area contributed by atoms with Gasteiger partial charge in [-0.15, -0.1) is 0 Å². The third-order valence-electron chi connectivity index (χ3n) is 6.34. The predicted octanol–water partition coefficient (Wildman–Crippen LogP) is 6.57. The number of aryl methyl sites for hydroxylation is 2. The molecule has 0 saturated heterocycles. The summed E-state index contributed by atoms with van der Waals surface area (Å²) >= 11 is 0. The molecule has 0 aliphatic rings. The molecular formula is C26H42O4. The molecule has 4 heteroatoms. The zero-order valence-corrected chi connectivity index (χ0v) is 20.0. The van der Waals surface area contributed by atoms with E-state index in [0.717, 1.165) is 64.2 Å². The van der Waals surface area contributed by atoms with Gasteiger partial charge >= 0.3 is 5.97 Å². The molecule has 0 saturated carbocycles. The third-order valence-corrected chi connectivity index (χ3v) is 6.34. The van der Waals surface area contributed by atoms with Crippen molar-refractivity contribution in [1.82, 2.24) is 0 Å². The highest BCUT2D eigenvalue weighted by Crippen LogP contribution is 2.26. The summed E-state index contributed by atoms with van der Waals surface area (Å²) in [6.07, 6.45) is 10.3. The highest BCUT2D eigenvalue weighted by atomic mass is 16.5. The molecule has 170 valence electrons. The van der Waals surface area contributed by atoms with Crippen molar-refractivity contribution < 1.29 is 19.4 Å². The van der Waals surface area contributed by atoms with Gasteiger partial charge in [-0.2, -0.15) is 0 Å². The zero-order valence-electron chi connectivity index (χ0n) is 20.0. The van der Waals surface area contributed by atoms with E-state index in [-0.39, 0.29) is 5.60 Å². The van der Waals surface area contributed by atoms with Crippen LogP contribution in [0.25, 0.3) is 0 Å². The number of ether oxygens (including phenoxy) is 1. The van der Waals surface area contributed by atoms with Gasteiger partial charge in [0.25, 0.3) is 6.47 Å². The lowest BCUT2D eigenvalue weighted by Gasteiger charge is -2.22. The fourth-order valence-corrected chi connectivity index (χ4v) is 3.98. The van der Waals surface area contributed by atoms with Gasteiger partial charge in [-0.25, -0.2) is 0 Å². The monoisotopic (exact) mass is 418 g/mol. The SMILES string of the molecule is Cc1ccc(CCCCCCC(C)(C)C(=O)O)c(C)c1CCCCC(C)(C)OC=O. The van der Waals surface area contributed by atoms with Crippen molar-refractivity contribution in [3.8, 4) is 0 Å². The Labute approximate surface area is 183 Å². The molecule has 0 atom stereocenters. The standard InChI is InChI=1S/C26H42O4/c1-20-15-16-22(13-9-7-8-11-17-25(3,4)24(28)29)21(2)23(20)14-10-12-18-26(5,6)30-19-27/h15-16,19H,7-14,17-18H2,1-6H3,(H,28,29). The van der Waals surface area contributed by atoms with E-state index >= 15 is 0 Å². The van der Waals surface area contributed by atoms with E-state index in [4.69, 9.17) is 4.74 Å². The summed E-state index contributed by atoms with van der Waals surface area (Å²) in [7, 11) is 0. The molecule has 0 bridgehead atoms. The van der Waals surface area contributed by atoms with Crippen LogP contribution in [0.4, 0.5) is 0 Å². The summed E-state index contributed by atoms with van der Waals surface area (Å²) in [5.74, 6) is -0.704. The van der Waals surface area contributed by atoms with E-state index in [9.17, 15) is 14.7 Å². The second-order valence-corrected chi connectivity index (χ2v) is 9.93. The molecular weight excluding hydrogens is 376 g/mol. The Hall–Kier alpha value is -1.84. The summed E-state index contributed by atoms with van der Waals surface area (Å²) in [4.78, 5) is 21.7. The lowest BCUT2D eigenvalue weighted by Crippen LogP contribution is -2.23. The number of carbonyl (C=O) groups excluding carboxylic acids is 1.